The number of hydrogen-bond acceptors (Lipinski definition) is 5. The van der Waals surface area contributed by atoms with Gasteiger partial charge >= 0.3 is 0 Å². The van der Waals surface area contributed by atoms with Crippen LogP contribution in [0.3, 0.4) is 0 Å². The maximum absolute atomic E-state index is 9.44. The van der Waals surface area contributed by atoms with Gasteiger partial charge in [-0.15, -0.1) is 0 Å². The van der Waals surface area contributed by atoms with Gasteiger partial charge < -0.3 is 9.94 Å². The molecule has 6 heteroatoms. The Balaban J connectivity index is 1.32. The minimum Gasteiger partial charge on any atom is -0.492 e. The first-order valence-electron chi connectivity index (χ1n) is 11.5. The second-order valence-corrected chi connectivity index (χ2v) is 8.99. The zero-order valence-electron chi connectivity index (χ0n) is 19.1. The molecule has 0 radical (unpaired) electrons. The summed E-state index contributed by atoms with van der Waals surface area (Å²) in [5.74, 6) is 0.847. The van der Waals surface area contributed by atoms with Gasteiger partial charge in [-0.3, -0.25) is 9.80 Å². The van der Waals surface area contributed by atoms with Crippen LogP contribution in [0.4, 0.5) is 0 Å². The van der Waals surface area contributed by atoms with Crippen molar-refractivity contribution in [3.05, 3.63) is 101 Å². The van der Waals surface area contributed by atoms with Crippen molar-refractivity contribution in [1.29, 1.82) is 0 Å². The fourth-order valence-electron chi connectivity index (χ4n) is 4.43. The Morgan fingerprint density at radius 3 is 2.30 bits per heavy atom. The van der Waals surface area contributed by atoms with Gasteiger partial charge in [0.15, 0.2) is 0 Å². The van der Waals surface area contributed by atoms with Crippen molar-refractivity contribution >= 4 is 11.6 Å². The topological polar surface area (TPSA) is 39.2 Å². The second kappa shape index (κ2) is 11.6. The molecule has 0 aromatic heterocycles. The third-order valence-electron chi connectivity index (χ3n) is 6.06. The number of ether oxygens (including phenoxy) is 1. The van der Waals surface area contributed by atoms with Crippen LogP contribution in [0.2, 0.25) is 5.02 Å². The molecule has 0 aliphatic carbocycles. The van der Waals surface area contributed by atoms with E-state index in [9.17, 15) is 5.21 Å². The highest BCUT2D eigenvalue weighted by atomic mass is 35.5. The van der Waals surface area contributed by atoms with Gasteiger partial charge in [0.05, 0.1) is 6.04 Å². The predicted octanol–water partition coefficient (Wildman–Crippen LogP) is 4.95. The van der Waals surface area contributed by atoms with E-state index in [4.69, 9.17) is 16.3 Å². The predicted molar refractivity (Wildman–Crippen MR) is 133 cm³/mol. The van der Waals surface area contributed by atoms with Crippen LogP contribution in [0, 0.1) is 0 Å². The van der Waals surface area contributed by atoms with E-state index >= 15 is 0 Å². The molecule has 0 saturated carbocycles. The molecule has 5 nitrogen and oxygen atoms in total. The number of rotatable bonds is 9. The number of piperazine rings is 1. The maximum atomic E-state index is 9.44. The van der Waals surface area contributed by atoms with Gasteiger partial charge in [-0.1, -0.05) is 66.2 Å². The fraction of sp³-hybridized carbons (Fsp3) is 0.333. The van der Waals surface area contributed by atoms with E-state index in [0.717, 1.165) is 49.1 Å². The summed E-state index contributed by atoms with van der Waals surface area (Å²) < 4.78 is 5.99. The molecule has 1 unspecified atom stereocenters. The molecule has 4 rings (SSSR count). The largest absolute Gasteiger partial charge is 0.492 e. The maximum Gasteiger partial charge on any atom is 0.119 e. The van der Waals surface area contributed by atoms with E-state index in [0.29, 0.717) is 13.2 Å². The first-order valence-corrected chi connectivity index (χ1v) is 11.8. The van der Waals surface area contributed by atoms with E-state index < -0.39 is 0 Å². The molecule has 1 N–H and O–H groups in total. The van der Waals surface area contributed by atoms with Crippen LogP contribution in [0.5, 0.6) is 5.75 Å². The van der Waals surface area contributed by atoms with Crippen LogP contribution in [-0.2, 0) is 6.54 Å². The summed E-state index contributed by atoms with van der Waals surface area (Å²) in [6, 6.07) is 27.1. The lowest BCUT2D eigenvalue weighted by Gasteiger charge is -2.39. The van der Waals surface area contributed by atoms with Gasteiger partial charge in [0.25, 0.3) is 0 Å². The third-order valence-corrected chi connectivity index (χ3v) is 6.31. The SMILES string of the molecule is CN(O)Cc1cccc(OCCN2CCN(C(c3ccccc3)c3ccc(Cl)cc3)CC2)c1. The molecule has 1 aliphatic rings. The van der Waals surface area contributed by atoms with E-state index in [1.807, 2.05) is 36.4 Å². The number of halogens is 1. The van der Waals surface area contributed by atoms with Gasteiger partial charge in [-0.25, -0.2) is 0 Å². The molecule has 1 saturated heterocycles. The van der Waals surface area contributed by atoms with Gasteiger partial charge in [-0.2, -0.15) is 5.06 Å². The Morgan fingerprint density at radius 2 is 1.61 bits per heavy atom. The smallest absolute Gasteiger partial charge is 0.119 e. The van der Waals surface area contributed by atoms with E-state index in [2.05, 4.69) is 52.3 Å². The summed E-state index contributed by atoms with van der Waals surface area (Å²) in [7, 11) is 1.64. The standard InChI is InChI=1S/C27H32ClN3O2/c1-29(32)21-22-6-5-9-26(20-22)33-19-18-30-14-16-31(17-15-30)27(23-7-3-2-4-8-23)24-10-12-25(28)13-11-24/h2-13,20,27,32H,14-19,21H2,1H3. The Morgan fingerprint density at radius 1 is 0.909 bits per heavy atom. The number of nitrogens with zero attached hydrogens (tertiary/aromatic N) is 3. The zero-order valence-corrected chi connectivity index (χ0v) is 19.9. The first-order chi connectivity index (χ1) is 16.1. The second-order valence-electron chi connectivity index (χ2n) is 8.55. The number of benzene rings is 3. The molecule has 33 heavy (non-hydrogen) atoms. The summed E-state index contributed by atoms with van der Waals surface area (Å²) in [5.41, 5.74) is 3.61. The average Bonchev–Trinajstić information content (AvgIpc) is 2.82. The lowest BCUT2D eigenvalue weighted by Crippen LogP contribution is -2.48. The summed E-state index contributed by atoms with van der Waals surface area (Å²) in [4.78, 5) is 5.02. The highest BCUT2D eigenvalue weighted by Crippen LogP contribution is 2.30. The summed E-state index contributed by atoms with van der Waals surface area (Å²) in [5, 5.41) is 11.4. The van der Waals surface area contributed by atoms with Crippen LogP contribution in [0.25, 0.3) is 0 Å². The summed E-state index contributed by atoms with van der Waals surface area (Å²) in [6.45, 7) is 6.05. The molecule has 0 amide bonds. The Bertz CT molecular complexity index is 990. The van der Waals surface area contributed by atoms with Crippen molar-refractivity contribution in [1.82, 2.24) is 14.9 Å². The lowest BCUT2D eigenvalue weighted by molar-refractivity contribution is -0.0731. The Kier molecular flexibility index (Phi) is 8.37. The Hall–Kier alpha value is -2.41. The zero-order chi connectivity index (χ0) is 23.0. The first kappa shape index (κ1) is 23.7. The number of hydroxylamine groups is 2. The molecule has 3 aromatic carbocycles. The molecule has 3 aromatic rings. The van der Waals surface area contributed by atoms with E-state index in [-0.39, 0.29) is 6.04 Å². The van der Waals surface area contributed by atoms with Crippen molar-refractivity contribution in [3.63, 3.8) is 0 Å². The third kappa shape index (κ3) is 6.79. The molecular formula is C27H32ClN3O2. The van der Waals surface area contributed by atoms with Crippen LogP contribution >= 0.6 is 11.6 Å². The van der Waals surface area contributed by atoms with Crippen molar-refractivity contribution in [2.45, 2.75) is 12.6 Å². The van der Waals surface area contributed by atoms with Gasteiger partial charge in [0.1, 0.15) is 12.4 Å². The molecule has 0 bridgehead atoms. The molecular weight excluding hydrogens is 434 g/mol. The van der Waals surface area contributed by atoms with Crippen molar-refractivity contribution < 1.29 is 9.94 Å². The minimum absolute atomic E-state index is 0.231. The van der Waals surface area contributed by atoms with Crippen LogP contribution in [0.15, 0.2) is 78.9 Å². The summed E-state index contributed by atoms with van der Waals surface area (Å²) >= 11 is 6.15. The Labute approximate surface area is 201 Å². The molecule has 0 spiro atoms. The average molecular weight is 466 g/mol. The molecule has 1 atom stereocenters. The van der Waals surface area contributed by atoms with Crippen LogP contribution in [-0.4, -0.2) is 66.4 Å². The monoisotopic (exact) mass is 465 g/mol. The van der Waals surface area contributed by atoms with Gasteiger partial charge in [-0.05, 0) is 41.0 Å². The highest BCUT2D eigenvalue weighted by molar-refractivity contribution is 6.30. The quantitative estimate of drug-likeness (QED) is 0.453. The molecule has 1 heterocycles. The van der Waals surface area contributed by atoms with Crippen molar-refractivity contribution in [2.24, 2.45) is 0 Å². The van der Waals surface area contributed by atoms with E-state index in [1.54, 1.807) is 7.05 Å². The molecule has 1 aliphatic heterocycles. The van der Waals surface area contributed by atoms with Crippen molar-refractivity contribution in [2.75, 3.05) is 46.4 Å². The van der Waals surface area contributed by atoms with Crippen LogP contribution in [0.1, 0.15) is 22.7 Å². The highest BCUT2D eigenvalue weighted by Gasteiger charge is 2.26. The van der Waals surface area contributed by atoms with Gasteiger partial charge in [0, 0.05) is 51.3 Å². The van der Waals surface area contributed by atoms with E-state index in [1.165, 1.54) is 16.2 Å². The minimum atomic E-state index is 0.231. The molecule has 1 fully saturated rings. The van der Waals surface area contributed by atoms with Crippen LogP contribution < -0.4 is 4.74 Å². The van der Waals surface area contributed by atoms with Crippen molar-refractivity contribution in [3.8, 4) is 5.75 Å². The fourth-order valence-corrected chi connectivity index (χ4v) is 4.56. The lowest BCUT2D eigenvalue weighted by atomic mass is 9.96. The molecule has 174 valence electrons. The van der Waals surface area contributed by atoms with Gasteiger partial charge in [0.2, 0.25) is 0 Å². The number of hydrogen-bond donors (Lipinski definition) is 1. The normalized spacial score (nSPS) is 16.1. The summed E-state index contributed by atoms with van der Waals surface area (Å²) in [6.07, 6.45) is 0.